The molecule has 1 N–H and O–H groups in total. The van der Waals surface area contributed by atoms with E-state index in [0.29, 0.717) is 17.1 Å². The number of hydrogen-bond donors (Lipinski definition) is 1. The normalized spacial score (nSPS) is 10.3. The first kappa shape index (κ1) is 22.2. The molecular weight excluding hydrogens is 414 g/mol. The summed E-state index contributed by atoms with van der Waals surface area (Å²) < 4.78 is 15.3. The van der Waals surface area contributed by atoms with Crippen LogP contribution in [0.1, 0.15) is 26.3 Å². The van der Waals surface area contributed by atoms with E-state index in [1.807, 2.05) is 30.3 Å². The van der Waals surface area contributed by atoms with Gasteiger partial charge in [0.15, 0.2) is 11.5 Å². The molecule has 7 heteroatoms. The molecule has 0 fully saturated rings. The molecule has 3 rings (SSSR count). The van der Waals surface area contributed by atoms with E-state index < -0.39 is 5.97 Å². The zero-order valence-electron chi connectivity index (χ0n) is 17.5. The number of carbonyl (C=O) groups is 2. The van der Waals surface area contributed by atoms with Crippen molar-refractivity contribution in [3.63, 3.8) is 0 Å². The fourth-order valence-electron chi connectivity index (χ4n) is 2.89. The molecule has 0 atom stereocenters. The Bertz CT molecular complexity index is 1050. The van der Waals surface area contributed by atoms with E-state index in [9.17, 15) is 9.59 Å². The van der Waals surface area contributed by atoms with Gasteiger partial charge in [0, 0.05) is 28.3 Å². The third kappa shape index (κ3) is 5.58. The highest BCUT2D eigenvalue weighted by molar-refractivity contribution is 7.98. The lowest BCUT2D eigenvalue weighted by molar-refractivity contribution is 0.0601. The monoisotopic (exact) mass is 437 g/mol. The molecule has 0 radical (unpaired) electrons. The third-order valence-corrected chi connectivity index (χ3v) is 5.63. The van der Waals surface area contributed by atoms with Crippen LogP contribution >= 0.6 is 11.8 Å². The number of anilines is 1. The molecule has 31 heavy (non-hydrogen) atoms. The molecule has 160 valence electrons. The average molecular weight is 438 g/mol. The van der Waals surface area contributed by atoms with E-state index in [4.69, 9.17) is 14.2 Å². The van der Waals surface area contributed by atoms with Gasteiger partial charge in [0.25, 0.3) is 5.91 Å². The highest BCUT2D eigenvalue weighted by atomic mass is 32.2. The predicted octanol–water partition coefficient (Wildman–Crippen LogP) is 5.04. The number of nitrogens with one attached hydrogen (secondary N) is 1. The van der Waals surface area contributed by atoms with Crippen molar-refractivity contribution < 1.29 is 23.8 Å². The van der Waals surface area contributed by atoms with Gasteiger partial charge in [-0.1, -0.05) is 30.3 Å². The van der Waals surface area contributed by atoms with Crippen LogP contribution in [-0.4, -0.2) is 33.2 Å². The summed E-state index contributed by atoms with van der Waals surface area (Å²) >= 11 is 1.73. The SMILES string of the molecule is COC(=O)c1cc(OC)c(OC)cc1NC(=O)c1ccc(CSc2ccccc2)cc1. The molecular formula is C24H23NO5S. The number of amides is 1. The van der Waals surface area contributed by atoms with Gasteiger partial charge in [-0.05, 0) is 29.8 Å². The van der Waals surface area contributed by atoms with Crippen LogP contribution in [0.2, 0.25) is 0 Å². The molecule has 0 saturated heterocycles. The highest BCUT2D eigenvalue weighted by Gasteiger charge is 2.19. The van der Waals surface area contributed by atoms with Gasteiger partial charge in [-0.2, -0.15) is 0 Å². The molecule has 6 nitrogen and oxygen atoms in total. The van der Waals surface area contributed by atoms with Gasteiger partial charge >= 0.3 is 5.97 Å². The highest BCUT2D eigenvalue weighted by Crippen LogP contribution is 2.34. The molecule has 0 aliphatic rings. The van der Waals surface area contributed by atoms with Gasteiger partial charge in [0.1, 0.15) is 0 Å². The Hall–Kier alpha value is -3.45. The minimum absolute atomic E-state index is 0.171. The molecule has 3 aromatic rings. The lowest BCUT2D eigenvalue weighted by Crippen LogP contribution is -2.16. The van der Waals surface area contributed by atoms with Gasteiger partial charge < -0.3 is 19.5 Å². The molecule has 3 aromatic carbocycles. The van der Waals surface area contributed by atoms with Crippen molar-refractivity contribution in [3.05, 3.63) is 83.4 Å². The van der Waals surface area contributed by atoms with Crippen molar-refractivity contribution in [1.29, 1.82) is 0 Å². The van der Waals surface area contributed by atoms with Crippen molar-refractivity contribution in [2.45, 2.75) is 10.6 Å². The quantitative estimate of drug-likeness (QED) is 0.393. The van der Waals surface area contributed by atoms with E-state index in [1.54, 1.807) is 23.9 Å². The Kier molecular flexibility index (Phi) is 7.56. The number of esters is 1. The van der Waals surface area contributed by atoms with Crippen LogP contribution < -0.4 is 14.8 Å². The molecule has 0 heterocycles. The maximum Gasteiger partial charge on any atom is 0.340 e. The van der Waals surface area contributed by atoms with Gasteiger partial charge in [-0.3, -0.25) is 4.79 Å². The Morgan fingerprint density at radius 3 is 2.13 bits per heavy atom. The number of thioether (sulfide) groups is 1. The molecule has 0 unspecified atom stereocenters. The molecule has 1 amide bonds. The topological polar surface area (TPSA) is 73.9 Å². The van der Waals surface area contributed by atoms with Crippen LogP contribution in [0.25, 0.3) is 0 Å². The van der Waals surface area contributed by atoms with Gasteiger partial charge in [0.05, 0.1) is 32.6 Å². The third-order valence-electron chi connectivity index (χ3n) is 4.54. The first-order valence-electron chi connectivity index (χ1n) is 9.48. The fourth-order valence-corrected chi connectivity index (χ4v) is 3.77. The average Bonchev–Trinajstić information content (AvgIpc) is 2.82. The predicted molar refractivity (Wildman–Crippen MR) is 121 cm³/mol. The number of benzene rings is 3. The van der Waals surface area contributed by atoms with Crippen LogP contribution in [0.3, 0.4) is 0 Å². The smallest absolute Gasteiger partial charge is 0.340 e. The fraction of sp³-hybridized carbons (Fsp3) is 0.167. The Morgan fingerprint density at radius 1 is 0.871 bits per heavy atom. The van der Waals surface area contributed by atoms with Crippen LogP contribution in [0, 0.1) is 0 Å². The van der Waals surface area contributed by atoms with Crippen molar-refractivity contribution in [2.24, 2.45) is 0 Å². The Morgan fingerprint density at radius 2 is 1.52 bits per heavy atom. The van der Waals surface area contributed by atoms with E-state index in [1.165, 1.54) is 38.4 Å². The number of rotatable bonds is 8. The zero-order valence-corrected chi connectivity index (χ0v) is 18.3. The van der Waals surface area contributed by atoms with Crippen molar-refractivity contribution in [3.8, 4) is 11.5 Å². The van der Waals surface area contributed by atoms with Crippen LogP contribution in [0.5, 0.6) is 11.5 Å². The number of ether oxygens (including phenoxy) is 3. The van der Waals surface area contributed by atoms with E-state index in [2.05, 4.69) is 17.4 Å². The van der Waals surface area contributed by atoms with Crippen molar-refractivity contribution in [2.75, 3.05) is 26.6 Å². The maximum absolute atomic E-state index is 12.8. The van der Waals surface area contributed by atoms with Crippen LogP contribution in [0.4, 0.5) is 5.69 Å². The zero-order chi connectivity index (χ0) is 22.2. The second kappa shape index (κ2) is 10.5. The molecule has 0 aliphatic carbocycles. The van der Waals surface area contributed by atoms with Gasteiger partial charge in [-0.25, -0.2) is 4.79 Å². The summed E-state index contributed by atoms with van der Waals surface area (Å²) in [5.74, 6) is 0.609. The molecule has 0 spiro atoms. The summed E-state index contributed by atoms with van der Waals surface area (Å²) in [4.78, 5) is 26.2. The summed E-state index contributed by atoms with van der Waals surface area (Å²) in [6.45, 7) is 0. The van der Waals surface area contributed by atoms with E-state index in [0.717, 1.165) is 11.3 Å². The minimum atomic E-state index is -0.593. The summed E-state index contributed by atoms with van der Waals surface area (Å²) in [6.07, 6.45) is 0. The first-order valence-corrected chi connectivity index (χ1v) is 10.5. The summed E-state index contributed by atoms with van der Waals surface area (Å²) in [7, 11) is 4.22. The van der Waals surface area contributed by atoms with E-state index >= 15 is 0 Å². The largest absolute Gasteiger partial charge is 0.493 e. The van der Waals surface area contributed by atoms with Crippen LogP contribution in [0.15, 0.2) is 71.6 Å². The summed E-state index contributed by atoms with van der Waals surface area (Å²) in [5.41, 5.74) is 2.02. The summed E-state index contributed by atoms with van der Waals surface area (Å²) in [5, 5.41) is 2.76. The lowest BCUT2D eigenvalue weighted by Gasteiger charge is -2.14. The molecule has 0 saturated carbocycles. The van der Waals surface area contributed by atoms with E-state index in [-0.39, 0.29) is 17.2 Å². The second-order valence-corrected chi connectivity index (χ2v) is 7.55. The maximum atomic E-state index is 12.8. The minimum Gasteiger partial charge on any atom is -0.493 e. The van der Waals surface area contributed by atoms with Crippen molar-refractivity contribution >= 4 is 29.3 Å². The van der Waals surface area contributed by atoms with Crippen LogP contribution in [-0.2, 0) is 10.5 Å². The lowest BCUT2D eigenvalue weighted by atomic mass is 10.1. The molecule has 0 aliphatic heterocycles. The first-order chi connectivity index (χ1) is 15.0. The molecule has 0 aromatic heterocycles. The van der Waals surface area contributed by atoms with Crippen molar-refractivity contribution in [1.82, 2.24) is 0 Å². The number of methoxy groups -OCH3 is 3. The molecule has 0 bridgehead atoms. The Balaban J connectivity index is 1.75. The number of hydrogen-bond acceptors (Lipinski definition) is 6. The Labute approximate surface area is 185 Å². The second-order valence-electron chi connectivity index (χ2n) is 6.50. The number of carbonyl (C=O) groups excluding carboxylic acids is 2. The summed E-state index contributed by atoms with van der Waals surface area (Å²) in [6, 6.07) is 20.5. The van der Waals surface area contributed by atoms with Gasteiger partial charge in [-0.15, -0.1) is 11.8 Å². The van der Waals surface area contributed by atoms with Gasteiger partial charge in [0.2, 0.25) is 0 Å². The standard InChI is InChI=1S/C24H23NO5S/c1-28-21-13-19(24(27)30-3)20(14-22(21)29-2)25-23(26)17-11-9-16(10-12-17)15-31-18-7-5-4-6-8-18/h4-14H,15H2,1-3H3,(H,25,26).